The molecule has 0 bridgehead atoms. The molecular weight excluding hydrogens is 334 g/mol. The molecule has 0 saturated carbocycles. The molecule has 0 aromatic heterocycles. The Kier molecular flexibility index (Phi) is 5.42. The summed E-state index contributed by atoms with van der Waals surface area (Å²) in [6, 6.07) is 18.3. The number of ketones is 1. The zero-order chi connectivity index (χ0) is 17.6. The van der Waals surface area contributed by atoms with Crippen LogP contribution in [0.3, 0.4) is 0 Å². The number of hydrogen-bond donors (Lipinski definition) is 2. The molecule has 0 fully saturated rings. The normalized spacial score (nSPS) is 15.7. The highest BCUT2D eigenvalue weighted by atomic mass is 32.2. The number of benzene rings is 2. The van der Waals surface area contributed by atoms with Crippen LogP contribution in [-0.2, 0) is 4.79 Å². The highest BCUT2D eigenvalue weighted by Gasteiger charge is 2.35. The van der Waals surface area contributed by atoms with Gasteiger partial charge in [-0.25, -0.2) is 0 Å². The molecule has 3 N–H and O–H groups in total. The van der Waals surface area contributed by atoms with Crippen molar-refractivity contribution in [2.75, 3.05) is 18.4 Å². The second kappa shape index (κ2) is 7.92. The number of carbonyl (C=O) groups excluding carboxylic acids is 2. The minimum Gasteiger partial charge on any atom is -0.349 e. The topological polar surface area (TPSA) is 84.5 Å². The van der Waals surface area contributed by atoms with Crippen molar-refractivity contribution in [2.45, 2.75) is 0 Å². The third kappa shape index (κ3) is 3.87. The van der Waals surface area contributed by atoms with Crippen molar-refractivity contribution in [3.8, 4) is 0 Å². The number of rotatable bonds is 6. The largest absolute Gasteiger partial charge is 0.349 e. The van der Waals surface area contributed by atoms with Gasteiger partial charge in [-0.3, -0.25) is 14.6 Å². The first-order valence-electron chi connectivity index (χ1n) is 7.84. The molecule has 6 heteroatoms. The lowest BCUT2D eigenvalue weighted by atomic mass is 10.0. The number of Topliss-reactive ketones (excluding diaryl/α,β-unsaturated/α-hetero) is 1. The zero-order valence-corrected chi connectivity index (χ0v) is 14.3. The predicted molar refractivity (Wildman–Crippen MR) is 102 cm³/mol. The molecule has 0 unspecified atom stereocenters. The van der Waals surface area contributed by atoms with E-state index in [1.807, 2.05) is 36.4 Å². The van der Waals surface area contributed by atoms with E-state index in [0.29, 0.717) is 29.3 Å². The van der Waals surface area contributed by atoms with E-state index >= 15 is 0 Å². The van der Waals surface area contributed by atoms with Gasteiger partial charge in [0.15, 0.2) is 5.78 Å². The Hall–Kier alpha value is -2.70. The van der Waals surface area contributed by atoms with E-state index in [4.69, 9.17) is 5.73 Å². The molecule has 5 nitrogen and oxygen atoms in total. The minimum atomic E-state index is -0.244. The van der Waals surface area contributed by atoms with Gasteiger partial charge >= 0.3 is 0 Å². The molecule has 1 aliphatic rings. The first-order chi connectivity index (χ1) is 12.2. The Morgan fingerprint density at radius 1 is 1.04 bits per heavy atom. The number of nitrogens with one attached hydrogen (secondary N) is 1. The number of carbonyl (C=O) groups is 2. The van der Waals surface area contributed by atoms with Crippen molar-refractivity contribution in [2.24, 2.45) is 10.7 Å². The first-order valence-corrected chi connectivity index (χ1v) is 8.65. The SMILES string of the molecule is NCCN=C1C(=O)SC(Nc2ccccc2)=C1C(=O)c1ccccc1. The Balaban J connectivity index is 2.04. The highest BCUT2D eigenvalue weighted by molar-refractivity contribution is 8.19. The highest BCUT2D eigenvalue weighted by Crippen LogP contribution is 2.34. The van der Waals surface area contributed by atoms with E-state index in [1.54, 1.807) is 24.3 Å². The van der Waals surface area contributed by atoms with Crippen LogP contribution in [-0.4, -0.2) is 29.7 Å². The van der Waals surface area contributed by atoms with Gasteiger partial charge in [-0.05, 0) is 23.9 Å². The quantitative estimate of drug-likeness (QED) is 0.782. The van der Waals surface area contributed by atoms with Gasteiger partial charge in [0.25, 0.3) is 0 Å². The maximum atomic E-state index is 13.0. The van der Waals surface area contributed by atoms with Gasteiger partial charge in [-0.15, -0.1) is 0 Å². The van der Waals surface area contributed by atoms with Crippen LogP contribution in [0, 0.1) is 0 Å². The predicted octanol–water partition coefficient (Wildman–Crippen LogP) is 2.87. The average molecular weight is 351 g/mol. The molecule has 2 aromatic rings. The van der Waals surface area contributed by atoms with Gasteiger partial charge in [-0.1, -0.05) is 48.5 Å². The second-order valence-corrected chi connectivity index (χ2v) is 6.28. The molecule has 2 aromatic carbocycles. The van der Waals surface area contributed by atoms with Crippen LogP contribution in [0.4, 0.5) is 5.69 Å². The molecule has 25 heavy (non-hydrogen) atoms. The van der Waals surface area contributed by atoms with Crippen LogP contribution >= 0.6 is 11.8 Å². The van der Waals surface area contributed by atoms with Crippen molar-refractivity contribution in [3.05, 3.63) is 76.8 Å². The third-order valence-corrected chi connectivity index (χ3v) is 4.43. The minimum absolute atomic E-state index is 0.183. The fourth-order valence-corrected chi connectivity index (χ4v) is 3.32. The summed E-state index contributed by atoms with van der Waals surface area (Å²) in [7, 11) is 0. The number of thioether (sulfide) groups is 1. The number of hydrogen-bond acceptors (Lipinski definition) is 6. The fraction of sp³-hybridized carbons (Fsp3) is 0.105. The summed E-state index contributed by atoms with van der Waals surface area (Å²) < 4.78 is 0. The fourth-order valence-electron chi connectivity index (χ4n) is 2.41. The molecule has 1 heterocycles. The number of allylic oxidation sites excluding steroid dienone is 1. The zero-order valence-electron chi connectivity index (χ0n) is 13.4. The molecule has 0 aliphatic carbocycles. The van der Waals surface area contributed by atoms with E-state index in [2.05, 4.69) is 10.3 Å². The first kappa shape index (κ1) is 17.1. The maximum absolute atomic E-state index is 13.0. The lowest BCUT2D eigenvalue weighted by Gasteiger charge is -2.09. The lowest BCUT2D eigenvalue weighted by molar-refractivity contribution is -0.105. The molecule has 0 atom stereocenters. The standard InChI is InChI=1S/C19H17N3O2S/c20-11-12-21-16-15(17(23)13-7-3-1-4-8-13)18(25-19(16)24)22-14-9-5-2-6-10-14/h1-10,22H,11-12,20H2. The van der Waals surface area contributed by atoms with Crippen LogP contribution in [0.15, 0.2) is 76.3 Å². The van der Waals surface area contributed by atoms with Crippen LogP contribution < -0.4 is 11.1 Å². The van der Waals surface area contributed by atoms with E-state index in [1.165, 1.54) is 0 Å². The summed E-state index contributed by atoms with van der Waals surface area (Å²) in [5.41, 5.74) is 7.30. The van der Waals surface area contributed by atoms with Gasteiger partial charge in [-0.2, -0.15) is 0 Å². The third-order valence-electron chi connectivity index (χ3n) is 3.55. The van der Waals surface area contributed by atoms with Crippen LogP contribution in [0.2, 0.25) is 0 Å². The summed E-state index contributed by atoms with van der Waals surface area (Å²) in [4.78, 5) is 29.6. The monoisotopic (exact) mass is 351 g/mol. The number of nitrogens with two attached hydrogens (primary N) is 1. The van der Waals surface area contributed by atoms with E-state index in [-0.39, 0.29) is 16.6 Å². The molecule has 0 saturated heterocycles. The summed E-state index contributed by atoms with van der Waals surface area (Å²) in [6.45, 7) is 0.613. The van der Waals surface area contributed by atoms with E-state index in [0.717, 1.165) is 17.4 Å². The summed E-state index contributed by atoms with van der Waals surface area (Å²) in [5, 5.41) is 3.42. The number of nitrogens with zero attached hydrogens (tertiary/aromatic N) is 1. The second-order valence-electron chi connectivity index (χ2n) is 5.30. The van der Waals surface area contributed by atoms with Crippen molar-refractivity contribution in [3.63, 3.8) is 0 Å². The van der Waals surface area contributed by atoms with Crippen molar-refractivity contribution in [1.29, 1.82) is 0 Å². The van der Waals surface area contributed by atoms with Gasteiger partial charge in [0, 0.05) is 17.8 Å². The molecular formula is C19H17N3O2S. The van der Waals surface area contributed by atoms with Crippen molar-refractivity contribution in [1.82, 2.24) is 0 Å². The van der Waals surface area contributed by atoms with E-state index in [9.17, 15) is 9.59 Å². The molecule has 0 amide bonds. The van der Waals surface area contributed by atoms with Gasteiger partial charge in [0.2, 0.25) is 5.12 Å². The Morgan fingerprint density at radius 3 is 2.32 bits per heavy atom. The summed E-state index contributed by atoms with van der Waals surface area (Å²) >= 11 is 0.987. The lowest BCUT2D eigenvalue weighted by Crippen LogP contribution is -2.18. The Morgan fingerprint density at radius 2 is 1.68 bits per heavy atom. The van der Waals surface area contributed by atoms with Crippen LogP contribution in [0.1, 0.15) is 10.4 Å². The molecule has 126 valence electrons. The van der Waals surface area contributed by atoms with Gasteiger partial charge in [0.1, 0.15) is 5.71 Å². The maximum Gasteiger partial charge on any atom is 0.244 e. The van der Waals surface area contributed by atoms with Crippen LogP contribution in [0.25, 0.3) is 0 Å². The number of aliphatic imine (C=N–C) groups is 1. The number of para-hydroxylation sites is 1. The average Bonchev–Trinajstić information content (AvgIpc) is 2.95. The van der Waals surface area contributed by atoms with Crippen molar-refractivity contribution < 1.29 is 9.59 Å². The Labute approximate surface area is 150 Å². The van der Waals surface area contributed by atoms with Gasteiger partial charge in [0.05, 0.1) is 17.1 Å². The molecule has 3 rings (SSSR count). The van der Waals surface area contributed by atoms with Crippen LogP contribution in [0.5, 0.6) is 0 Å². The van der Waals surface area contributed by atoms with Gasteiger partial charge < -0.3 is 11.1 Å². The number of anilines is 1. The van der Waals surface area contributed by atoms with Crippen molar-refractivity contribution >= 4 is 34.1 Å². The smallest absolute Gasteiger partial charge is 0.244 e. The Bertz CT molecular complexity index is 845. The summed E-state index contributed by atoms with van der Waals surface area (Å²) in [5.74, 6) is -0.229. The molecule has 0 radical (unpaired) electrons. The molecule has 0 spiro atoms. The molecule has 1 aliphatic heterocycles. The summed E-state index contributed by atoms with van der Waals surface area (Å²) in [6.07, 6.45) is 0. The van der Waals surface area contributed by atoms with E-state index < -0.39 is 0 Å².